The first-order valence-corrected chi connectivity index (χ1v) is 8.22. The molecular weight excluding hydrogens is 306 g/mol. The zero-order valence-electron chi connectivity index (χ0n) is 14.8. The molecular formula is C18H25N3O3. The Morgan fingerprint density at radius 1 is 1.21 bits per heavy atom. The summed E-state index contributed by atoms with van der Waals surface area (Å²) >= 11 is 0. The molecule has 1 fully saturated rings. The Balaban J connectivity index is 2.07. The molecule has 130 valence electrons. The number of aryl methyl sites for hydroxylation is 1. The Bertz CT molecular complexity index is 637. The van der Waals surface area contributed by atoms with E-state index in [9.17, 15) is 14.4 Å². The molecule has 0 spiro atoms. The molecule has 0 aliphatic carbocycles. The Kier molecular flexibility index (Phi) is 5.26. The minimum absolute atomic E-state index is 0.222. The van der Waals surface area contributed by atoms with Crippen molar-refractivity contribution in [3.8, 4) is 0 Å². The van der Waals surface area contributed by atoms with Crippen molar-refractivity contribution in [2.45, 2.75) is 46.2 Å². The van der Waals surface area contributed by atoms with Gasteiger partial charge in [-0.05, 0) is 32.8 Å². The molecule has 1 aromatic carbocycles. The lowest BCUT2D eigenvalue weighted by Crippen LogP contribution is -2.44. The van der Waals surface area contributed by atoms with E-state index < -0.39 is 11.6 Å². The van der Waals surface area contributed by atoms with E-state index in [1.54, 1.807) is 18.7 Å². The molecule has 0 unspecified atom stereocenters. The Hall–Kier alpha value is -2.37. The van der Waals surface area contributed by atoms with Crippen molar-refractivity contribution in [1.82, 2.24) is 15.1 Å². The maximum atomic E-state index is 12.6. The summed E-state index contributed by atoms with van der Waals surface area (Å²) in [6.07, 6.45) is 0.809. The van der Waals surface area contributed by atoms with Crippen LogP contribution in [0.15, 0.2) is 24.3 Å². The van der Waals surface area contributed by atoms with Crippen LogP contribution in [-0.4, -0.2) is 46.3 Å². The van der Waals surface area contributed by atoms with Crippen molar-refractivity contribution in [3.63, 3.8) is 0 Å². The summed E-state index contributed by atoms with van der Waals surface area (Å²) in [6.45, 7) is 8.10. The fourth-order valence-corrected chi connectivity index (χ4v) is 2.67. The van der Waals surface area contributed by atoms with E-state index in [0.717, 1.165) is 22.4 Å². The number of nitrogens with one attached hydrogen (secondary N) is 1. The van der Waals surface area contributed by atoms with E-state index in [2.05, 4.69) is 5.32 Å². The minimum Gasteiger partial charge on any atom is -0.337 e. The third-order valence-corrected chi connectivity index (χ3v) is 4.08. The maximum absolute atomic E-state index is 12.6. The number of carbonyl (C=O) groups excluding carboxylic acids is 3. The van der Waals surface area contributed by atoms with Gasteiger partial charge in [-0.15, -0.1) is 0 Å². The minimum atomic E-state index is -0.954. The van der Waals surface area contributed by atoms with Gasteiger partial charge in [-0.1, -0.05) is 36.8 Å². The van der Waals surface area contributed by atoms with Gasteiger partial charge >= 0.3 is 6.03 Å². The highest BCUT2D eigenvalue weighted by Gasteiger charge is 2.45. The van der Waals surface area contributed by atoms with Gasteiger partial charge < -0.3 is 10.2 Å². The Labute approximate surface area is 142 Å². The van der Waals surface area contributed by atoms with Gasteiger partial charge in [0.15, 0.2) is 0 Å². The third-order valence-electron chi connectivity index (χ3n) is 4.08. The SMILES string of the molecule is CCCN(Cc1ccc(C)cc1)C(=O)CN1C(=O)NC(C)(C)C1=O. The molecule has 0 saturated carbocycles. The quantitative estimate of drug-likeness (QED) is 0.811. The van der Waals surface area contributed by atoms with Crippen LogP contribution in [-0.2, 0) is 16.1 Å². The molecule has 0 aromatic heterocycles. The van der Waals surface area contributed by atoms with Crippen LogP contribution in [0.1, 0.15) is 38.3 Å². The van der Waals surface area contributed by atoms with Crippen LogP contribution in [0.2, 0.25) is 0 Å². The molecule has 1 saturated heterocycles. The zero-order chi connectivity index (χ0) is 17.9. The van der Waals surface area contributed by atoms with Gasteiger partial charge in [-0.2, -0.15) is 0 Å². The van der Waals surface area contributed by atoms with Crippen molar-refractivity contribution < 1.29 is 14.4 Å². The highest BCUT2D eigenvalue weighted by atomic mass is 16.2. The number of nitrogens with zero attached hydrogens (tertiary/aromatic N) is 2. The lowest BCUT2D eigenvalue weighted by atomic mass is 10.1. The second-order valence-corrected chi connectivity index (χ2v) is 6.75. The number of carbonyl (C=O) groups is 3. The molecule has 6 nitrogen and oxygen atoms in total. The van der Waals surface area contributed by atoms with Crippen molar-refractivity contribution in [1.29, 1.82) is 0 Å². The fourth-order valence-electron chi connectivity index (χ4n) is 2.67. The third kappa shape index (κ3) is 3.93. The largest absolute Gasteiger partial charge is 0.337 e. The van der Waals surface area contributed by atoms with Crippen LogP contribution in [0.3, 0.4) is 0 Å². The van der Waals surface area contributed by atoms with Gasteiger partial charge in [0.25, 0.3) is 5.91 Å². The first-order chi connectivity index (χ1) is 11.2. The maximum Gasteiger partial charge on any atom is 0.325 e. The average Bonchev–Trinajstić information content (AvgIpc) is 2.71. The van der Waals surface area contributed by atoms with Crippen LogP contribution in [0.4, 0.5) is 4.79 Å². The summed E-state index contributed by atoms with van der Waals surface area (Å²) < 4.78 is 0. The zero-order valence-corrected chi connectivity index (χ0v) is 14.8. The molecule has 24 heavy (non-hydrogen) atoms. The molecule has 6 heteroatoms. The van der Waals surface area contributed by atoms with Crippen molar-refractivity contribution in [2.75, 3.05) is 13.1 Å². The summed E-state index contributed by atoms with van der Waals surface area (Å²) in [4.78, 5) is 39.5. The molecule has 2 rings (SSSR count). The summed E-state index contributed by atoms with van der Waals surface area (Å²) in [7, 11) is 0. The molecule has 0 atom stereocenters. The monoisotopic (exact) mass is 331 g/mol. The van der Waals surface area contributed by atoms with E-state index >= 15 is 0 Å². The summed E-state index contributed by atoms with van der Waals surface area (Å²) in [6, 6.07) is 7.47. The molecule has 1 N–H and O–H groups in total. The van der Waals surface area contributed by atoms with Crippen LogP contribution >= 0.6 is 0 Å². The van der Waals surface area contributed by atoms with E-state index in [0.29, 0.717) is 13.1 Å². The molecule has 1 heterocycles. The second kappa shape index (κ2) is 7.03. The number of rotatable bonds is 6. The number of benzene rings is 1. The van der Waals surface area contributed by atoms with E-state index in [-0.39, 0.29) is 18.4 Å². The van der Waals surface area contributed by atoms with Gasteiger partial charge in [0.2, 0.25) is 5.91 Å². The summed E-state index contributed by atoms with van der Waals surface area (Å²) in [5.41, 5.74) is 1.23. The molecule has 0 radical (unpaired) electrons. The number of urea groups is 1. The van der Waals surface area contributed by atoms with Crippen LogP contribution in [0.5, 0.6) is 0 Å². The topological polar surface area (TPSA) is 69.7 Å². The van der Waals surface area contributed by atoms with E-state index in [4.69, 9.17) is 0 Å². The first kappa shape index (κ1) is 18.0. The standard InChI is InChI=1S/C18H25N3O3/c1-5-10-20(11-14-8-6-13(2)7-9-14)15(22)12-21-16(23)18(3,4)19-17(21)24/h6-9H,5,10-12H2,1-4H3,(H,19,24). The summed E-state index contributed by atoms with van der Waals surface area (Å²) in [5, 5.41) is 2.59. The Morgan fingerprint density at radius 3 is 2.33 bits per heavy atom. The number of amides is 4. The van der Waals surface area contributed by atoms with Gasteiger partial charge in [0.1, 0.15) is 12.1 Å². The highest BCUT2D eigenvalue weighted by molar-refractivity contribution is 6.08. The summed E-state index contributed by atoms with van der Waals surface area (Å²) in [5.74, 6) is -0.591. The van der Waals surface area contributed by atoms with Gasteiger partial charge in [0.05, 0.1) is 0 Å². The number of imide groups is 1. The normalized spacial score (nSPS) is 16.2. The fraction of sp³-hybridized carbons (Fsp3) is 0.500. The van der Waals surface area contributed by atoms with E-state index in [1.807, 2.05) is 38.1 Å². The predicted molar refractivity (Wildman–Crippen MR) is 91.2 cm³/mol. The molecule has 4 amide bonds. The highest BCUT2D eigenvalue weighted by Crippen LogP contribution is 2.17. The van der Waals surface area contributed by atoms with E-state index in [1.165, 1.54) is 0 Å². The predicted octanol–water partition coefficient (Wildman–Crippen LogP) is 2.06. The van der Waals surface area contributed by atoms with Crippen molar-refractivity contribution >= 4 is 17.8 Å². The lowest BCUT2D eigenvalue weighted by Gasteiger charge is -2.24. The molecule has 1 aliphatic heterocycles. The van der Waals surface area contributed by atoms with Crippen LogP contribution < -0.4 is 5.32 Å². The smallest absolute Gasteiger partial charge is 0.325 e. The molecule has 1 aliphatic rings. The van der Waals surface area contributed by atoms with Crippen LogP contribution in [0, 0.1) is 6.92 Å². The average molecular weight is 331 g/mol. The molecule has 1 aromatic rings. The van der Waals surface area contributed by atoms with Gasteiger partial charge in [-0.3, -0.25) is 14.5 Å². The second-order valence-electron chi connectivity index (χ2n) is 6.75. The van der Waals surface area contributed by atoms with Gasteiger partial charge in [0, 0.05) is 13.1 Å². The number of hydrogen-bond donors (Lipinski definition) is 1. The van der Waals surface area contributed by atoms with Gasteiger partial charge in [-0.25, -0.2) is 4.79 Å². The van der Waals surface area contributed by atoms with Crippen molar-refractivity contribution in [2.24, 2.45) is 0 Å². The molecule has 0 bridgehead atoms. The number of hydrogen-bond acceptors (Lipinski definition) is 3. The van der Waals surface area contributed by atoms with Crippen LogP contribution in [0.25, 0.3) is 0 Å². The Morgan fingerprint density at radius 2 is 1.83 bits per heavy atom. The lowest BCUT2D eigenvalue weighted by molar-refractivity contribution is -0.138. The van der Waals surface area contributed by atoms with Crippen molar-refractivity contribution in [3.05, 3.63) is 35.4 Å². The first-order valence-electron chi connectivity index (χ1n) is 8.22.